The molecule has 6 aromatic rings. The Labute approximate surface area is 257 Å². The van der Waals surface area contributed by atoms with Gasteiger partial charge in [-0.25, -0.2) is 9.97 Å². The van der Waals surface area contributed by atoms with Crippen LogP contribution in [0.4, 0.5) is 11.4 Å². The third kappa shape index (κ3) is 4.27. The van der Waals surface area contributed by atoms with Crippen LogP contribution in [0, 0.1) is 13.8 Å². The molecule has 2 fully saturated rings. The molecule has 6 nitrogen and oxygen atoms in total. The zero-order valence-electron chi connectivity index (χ0n) is 23.8. The third-order valence-corrected chi connectivity index (χ3v) is 10.8. The van der Waals surface area contributed by atoms with Crippen LogP contribution >= 0.6 is 22.7 Å². The molecule has 0 saturated carbocycles. The smallest absolute Gasteiger partial charge is 0.229 e. The van der Waals surface area contributed by atoms with E-state index in [-0.39, 0.29) is 11.8 Å². The average molecular weight is 601 g/mol. The first kappa shape index (κ1) is 26.2. The molecule has 2 aliphatic heterocycles. The summed E-state index contributed by atoms with van der Waals surface area (Å²) in [6.45, 7) is 4.18. The van der Waals surface area contributed by atoms with Gasteiger partial charge in [0.05, 0.1) is 20.4 Å². The highest BCUT2D eigenvalue weighted by atomic mass is 32.1. The van der Waals surface area contributed by atoms with Gasteiger partial charge in [-0.3, -0.25) is 19.4 Å². The molecule has 0 atom stereocenters. The van der Waals surface area contributed by atoms with Crippen LogP contribution in [0.3, 0.4) is 0 Å². The average Bonchev–Trinajstić information content (AvgIpc) is 3.78. The number of rotatable bonds is 4. The number of aryl methyl sites for hydroxylation is 2. The molecule has 0 N–H and O–H groups in total. The molecule has 4 aromatic carbocycles. The van der Waals surface area contributed by atoms with Gasteiger partial charge in [0.1, 0.15) is 15.7 Å². The number of benzene rings is 4. The number of hydrogen-bond donors (Lipinski definition) is 0. The van der Waals surface area contributed by atoms with E-state index in [9.17, 15) is 9.59 Å². The monoisotopic (exact) mass is 600 g/mol. The zero-order valence-corrected chi connectivity index (χ0v) is 25.5. The molecule has 1 spiro atoms. The molecule has 8 rings (SSSR count). The minimum atomic E-state index is -0.710. The van der Waals surface area contributed by atoms with Crippen molar-refractivity contribution >= 4 is 66.3 Å². The van der Waals surface area contributed by atoms with E-state index in [4.69, 9.17) is 9.97 Å². The van der Waals surface area contributed by atoms with Crippen molar-refractivity contribution in [3.63, 3.8) is 0 Å². The number of carbonyl (C=O) groups excluding carboxylic acids is 2. The van der Waals surface area contributed by atoms with Crippen molar-refractivity contribution in [3.8, 4) is 21.1 Å². The first-order chi connectivity index (χ1) is 20.9. The molecule has 8 heteroatoms. The van der Waals surface area contributed by atoms with Crippen LogP contribution in [0.5, 0.6) is 0 Å². The van der Waals surface area contributed by atoms with E-state index in [0.29, 0.717) is 25.7 Å². The zero-order chi connectivity index (χ0) is 29.3. The fourth-order valence-electron chi connectivity index (χ4n) is 6.56. The summed E-state index contributed by atoms with van der Waals surface area (Å²) in [6, 6.07) is 28.7. The number of aromatic nitrogens is 2. The Morgan fingerprint density at radius 3 is 1.44 bits per heavy atom. The van der Waals surface area contributed by atoms with E-state index in [1.165, 1.54) is 11.1 Å². The summed E-state index contributed by atoms with van der Waals surface area (Å²) in [5, 5.41) is 1.91. The molecule has 0 aliphatic carbocycles. The number of amides is 2. The summed E-state index contributed by atoms with van der Waals surface area (Å²) < 4.78 is 2.33. The lowest BCUT2D eigenvalue weighted by atomic mass is 10.0. The summed E-state index contributed by atoms with van der Waals surface area (Å²) in [5.41, 5.74) is 7.36. The van der Waals surface area contributed by atoms with Crippen LogP contribution in [0.25, 0.3) is 41.6 Å². The van der Waals surface area contributed by atoms with Crippen LogP contribution in [0.2, 0.25) is 0 Å². The molecule has 2 saturated heterocycles. The van der Waals surface area contributed by atoms with Gasteiger partial charge < -0.3 is 0 Å². The second-order valence-electron chi connectivity index (χ2n) is 11.5. The molecule has 0 unspecified atom stereocenters. The predicted molar refractivity (Wildman–Crippen MR) is 176 cm³/mol. The number of hydrogen-bond acceptors (Lipinski definition) is 6. The van der Waals surface area contributed by atoms with Gasteiger partial charge in [0, 0.05) is 35.3 Å². The second kappa shape index (κ2) is 9.82. The van der Waals surface area contributed by atoms with Gasteiger partial charge in [0.15, 0.2) is 0 Å². The molecule has 2 amide bonds. The second-order valence-corrected chi connectivity index (χ2v) is 13.6. The van der Waals surface area contributed by atoms with Gasteiger partial charge in [-0.1, -0.05) is 12.1 Å². The predicted octanol–water partition coefficient (Wildman–Crippen LogP) is 8.51. The van der Waals surface area contributed by atoms with Crippen molar-refractivity contribution in [2.24, 2.45) is 0 Å². The van der Waals surface area contributed by atoms with Gasteiger partial charge in [-0.2, -0.15) is 0 Å². The van der Waals surface area contributed by atoms with Crippen LogP contribution < -0.4 is 9.80 Å². The Morgan fingerprint density at radius 2 is 1.02 bits per heavy atom. The summed E-state index contributed by atoms with van der Waals surface area (Å²) in [4.78, 5) is 40.3. The lowest BCUT2D eigenvalue weighted by molar-refractivity contribution is -0.117. The highest BCUT2D eigenvalue weighted by molar-refractivity contribution is 7.22. The molecule has 2 aliphatic rings. The normalized spacial score (nSPS) is 16.4. The number of fused-ring (bicyclic) bond motifs is 2. The van der Waals surface area contributed by atoms with E-state index >= 15 is 0 Å². The molecule has 212 valence electrons. The van der Waals surface area contributed by atoms with Crippen LogP contribution in [-0.2, 0) is 9.59 Å². The van der Waals surface area contributed by atoms with Crippen molar-refractivity contribution in [1.29, 1.82) is 0 Å². The Hall–Kier alpha value is -4.40. The molecule has 43 heavy (non-hydrogen) atoms. The van der Waals surface area contributed by atoms with Crippen LogP contribution in [-0.4, -0.2) is 27.4 Å². The summed E-state index contributed by atoms with van der Waals surface area (Å²) >= 11 is 3.35. The quantitative estimate of drug-likeness (QED) is 0.203. The number of anilines is 2. The van der Waals surface area contributed by atoms with Crippen molar-refractivity contribution < 1.29 is 9.59 Å². The van der Waals surface area contributed by atoms with Crippen molar-refractivity contribution in [1.82, 2.24) is 9.97 Å². The topological polar surface area (TPSA) is 66.4 Å². The van der Waals surface area contributed by atoms with Gasteiger partial charge in [0.25, 0.3) is 0 Å². The molecule has 2 aromatic heterocycles. The Kier molecular flexibility index (Phi) is 6.00. The van der Waals surface area contributed by atoms with Gasteiger partial charge in [0.2, 0.25) is 11.8 Å². The minimum absolute atomic E-state index is 0.0456. The SMILES string of the molecule is Cc1ccc2nc(-c3ccc(N4C(=O)CCC45CCC(=O)N5c4ccc(-c5nc6ccc(C)cc6s5)cc4)cc3)sc2c1. The summed E-state index contributed by atoms with van der Waals surface area (Å²) in [7, 11) is 0. The minimum Gasteiger partial charge on any atom is -0.288 e. The highest BCUT2D eigenvalue weighted by Crippen LogP contribution is 2.47. The lowest BCUT2D eigenvalue weighted by Crippen LogP contribution is -2.56. The number of thiazole rings is 2. The first-order valence-electron chi connectivity index (χ1n) is 14.5. The van der Waals surface area contributed by atoms with Gasteiger partial charge in [-0.15, -0.1) is 22.7 Å². The number of nitrogens with zero attached hydrogens (tertiary/aromatic N) is 4. The van der Waals surface area contributed by atoms with E-state index < -0.39 is 5.66 Å². The largest absolute Gasteiger partial charge is 0.288 e. The standard InChI is InChI=1S/C35H28N4O2S2/c1-21-3-13-27-29(19-21)42-33(36-27)23-5-9-25(10-6-23)38-31(40)15-17-35(38)18-16-32(41)39(35)26-11-7-24(8-12-26)34-37-28-14-4-22(2)20-30(28)43-34/h3-14,19-20H,15-18H2,1-2H3. The van der Waals surface area contributed by atoms with Crippen molar-refractivity contribution in [3.05, 3.63) is 96.1 Å². The lowest BCUT2D eigenvalue weighted by Gasteiger charge is -2.42. The maximum absolute atomic E-state index is 13.4. The first-order valence-corrected chi connectivity index (χ1v) is 16.1. The van der Waals surface area contributed by atoms with Crippen LogP contribution in [0.1, 0.15) is 36.8 Å². The molecular formula is C35H28N4O2S2. The van der Waals surface area contributed by atoms with E-state index in [0.717, 1.165) is 53.0 Å². The summed E-state index contributed by atoms with van der Waals surface area (Å²) in [5.74, 6) is 0.0913. The maximum atomic E-state index is 13.4. The van der Waals surface area contributed by atoms with Crippen LogP contribution in [0.15, 0.2) is 84.9 Å². The molecule has 0 bridgehead atoms. The molecule has 4 heterocycles. The Bertz CT molecular complexity index is 1910. The van der Waals surface area contributed by atoms with Gasteiger partial charge in [-0.05, 0) is 111 Å². The number of carbonyl (C=O) groups is 2. The van der Waals surface area contributed by atoms with Gasteiger partial charge >= 0.3 is 0 Å². The summed E-state index contributed by atoms with van der Waals surface area (Å²) in [6.07, 6.45) is 2.03. The highest BCUT2D eigenvalue weighted by Gasteiger charge is 2.56. The van der Waals surface area contributed by atoms with E-state index in [1.807, 2.05) is 58.3 Å². The Morgan fingerprint density at radius 1 is 0.605 bits per heavy atom. The van der Waals surface area contributed by atoms with Crippen molar-refractivity contribution in [2.45, 2.75) is 45.2 Å². The third-order valence-electron chi connectivity index (χ3n) is 8.64. The van der Waals surface area contributed by atoms with E-state index in [1.54, 1.807) is 22.7 Å². The van der Waals surface area contributed by atoms with Crippen molar-refractivity contribution in [2.75, 3.05) is 9.80 Å². The maximum Gasteiger partial charge on any atom is 0.229 e. The van der Waals surface area contributed by atoms with E-state index in [2.05, 4.69) is 50.2 Å². The molecule has 0 radical (unpaired) electrons. The Balaban J connectivity index is 1.11. The fourth-order valence-corrected chi connectivity index (χ4v) is 8.70. The molecular weight excluding hydrogens is 573 g/mol. The fraction of sp³-hybridized carbons (Fsp3) is 0.200.